The lowest BCUT2D eigenvalue weighted by molar-refractivity contribution is 0.000342. The van der Waals surface area contributed by atoms with E-state index in [1.807, 2.05) is 30.3 Å². The molecular formula is C16H23N5O. The number of nitrogens with one attached hydrogen (secondary N) is 1. The van der Waals surface area contributed by atoms with Gasteiger partial charge in [0.2, 0.25) is 5.95 Å². The molecule has 2 aromatic rings. The molecule has 1 fully saturated rings. The molecule has 3 rings (SSSR count). The van der Waals surface area contributed by atoms with Gasteiger partial charge in [-0.15, -0.1) is 0 Å². The molecule has 22 heavy (non-hydrogen) atoms. The maximum absolute atomic E-state index is 6.00. The van der Waals surface area contributed by atoms with E-state index in [-0.39, 0.29) is 0 Å². The molecule has 1 N–H and O–H groups in total. The average Bonchev–Trinajstić information content (AvgIpc) is 3.02. The summed E-state index contributed by atoms with van der Waals surface area (Å²) in [6.07, 6.45) is 5.49. The van der Waals surface area contributed by atoms with Crippen molar-refractivity contribution in [2.24, 2.45) is 5.92 Å². The van der Waals surface area contributed by atoms with Crippen molar-refractivity contribution in [2.75, 3.05) is 18.5 Å². The average molecular weight is 301 g/mol. The lowest BCUT2D eigenvalue weighted by Crippen LogP contribution is -2.27. The Hall–Kier alpha value is -1.95. The monoisotopic (exact) mass is 301 g/mol. The van der Waals surface area contributed by atoms with Gasteiger partial charge in [-0.05, 0) is 41.3 Å². The summed E-state index contributed by atoms with van der Waals surface area (Å²) < 4.78 is 7.70. The van der Waals surface area contributed by atoms with Crippen molar-refractivity contribution in [3.05, 3.63) is 30.3 Å². The van der Waals surface area contributed by atoms with Crippen molar-refractivity contribution in [2.45, 2.75) is 38.7 Å². The molecule has 0 saturated heterocycles. The van der Waals surface area contributed by atoms with Crippen LogP contribution in [0.15, 0.2) is 30.3 Å². The van der Waals surface area contributed by atoms with E-state index in [9.17, 15) is 0 Å². The van der Waals surface area contributed by atoms with Gasteiger partial charge in [0, 0.05) is 6.54 Å². The Morgan fingerprint density at radius 2 is 2.05 bits per heavy atom. The van der Waals surface area contributed by atoms with Crippen molar-refractivity contribution in [1.82, 2.24) is 20.2 Å². The van der Waals surface area contributed by atoms with E-state index in [2.05, 4.69) is 27.8 Å². The minimum atomic E-state index is 0.403. The van der Waals surface area contributed by atoms with Crippen molar-refractivity contribution in [3.8, 4) is 5.69 Å². The molecule has 1 heterocycles. The molecule has 1 aliphatic carbocycles. The van der Waals surface area contributed by atoms with Gasteiger partial charge in [0.1, 0.15) is 0 Å². The zero-order valence-corrected chi connectivity index (χ0v) is 13.0. The Labute approximate surface area is 130 Å². The van der Waals surface area contributed by atoms with Crippen LogP contribution in [0.25, 0.3) is 5.69 Å². The van der Waals surface area contributed by atoms with Crippen LogP contribution in [0.4, 0.5) is 5.95 Å². The predicted octanol–water partition coefficient (Wildman–Crippen LogP) is 2.67. The fourth-order valence-electron chi connectivity index (χ4n) is 2.94. The van der Waals surface area contributed by atoms with E-state index in [1.165, 1.54) is 25.7 Å². The zero-order valence-electron chi connectivity index (χ0n) is 13.0. The van der Waals surface area contributed by atoms with E-state index in [0.717, 1.165) is 5.69 Å². The minimum absolute atomic E-state index is 0.403. The first-order valence-electron chi connectivity index (χ1n) is 8.04. The molecule has 0 radical (unpaired) electrons. The third kappa shape index (κ3) is 3.62. The molecule has 6 nitrogen and oxygen atoms in total. The smallest absolute Gasteiger partial charge is 0.247 e. The Morgan fingerprint density at radius 1 is 1.23 bits per heavy atom. The van der Waals surface area contributed by atoms with Crippen LogP contribution in [0.5, 0.6) is 0 Å². The summed E-state index contributed by atoms with van der Waals surface area (Å²) >= 11 is 0. The molecule has 0 bridgehead atoms. The molecule has 0 unspecified atom stereocenters. The van der Waals surface area contributed by atoms with E-state index >= 15 is 0 Å². The lowest BCUT2D eigenvalue weighted by atomic mass is 9.88. The molecule has 1 aliphatic rings. The van der Waals surface area contributed by atoms with Gasteiger partial charge in [-0.25, -0.2) is 0 Å². The van der Waals surface area contributed by atoms with Crippen LogP contribution < -0.4 is 5.32 Å². The summed E-state index contributed by atoms with van der Waals surface area (Å²) in [6.45, 7) is 3.67. The van der Waals surface area contributed by atoms with Crippen LogP contribution in [-0.2, 0) is 4.74 Å². The number of anilines is 1. The number of nitrogens with zero attached hydrogens (tertiary/aromatic N) is 4. The molecule has 118 valence electrons. The second-order valence-electron chi connectivity index (χ2n) is 5.85. The standard InChI is InChI=1S/C16H23N5O/c1-13-7-5-6-10-15(13)22-12-11-17-16-18-19-20-21(16)14-8-3-2-4-9-14/h2-4,8-9,13,15H,5-7,10-12H2,1H3,(H,17,18,20)/t13-,15-/m0/s1. The molecule has 0 amide bonds. The second kappa shape index (κ2) is 7.35. The van der Waals surface area contributed by atoms with Crippen molar-refractivity contribution in [3.63, 3.8) is 0 Å². The fraction of sp³-hybridized carbons (Fsp3) is 0.562. The maximum atomic E-state index is 6.00. The molecule has 0 aliphatic heterocycles. The molecule has 1 aromatic heterocycles. The lowest BCUT2D eigenvalue weighted by Gasteiger charge is -2.28. The molecule has 0 spiro atoms. The summed E-state index contributed by atoms with van der Waals surface area (Å²) in [5, 5.41) is 15.0. The van der Waals surface area contributed by atoms with Gasteiger partial charge in [0.25, 0.3) is 0 Å². The first-order valence-corrected chi connectivity index (χ1v) is 8.04. The summed E-state index contributed by atoms with van der Waals surface area (Å²) in [4.78, 5) is 0. The van der Waals surface area contributed by atoms with Crippen LogP contribution in [-0.4, -0.2) is 39.5 Å². The largest absolute Gasteiger partial charge is 0.376 e. The topological polar surface area (TPSA) is 64.9 Å². The molecule has 1 aromatic carbocycles. The van der Waals surface area contributed by atoms with Crippen LogP contribution >= 0.6 is 0 Å². The van der Waals surface area contributed by atoms with Gasteiger partial charge >= 0.3 is 0 Å². The maximum Gasteiger partial charge on any atom is 0.247 e. The third-order valence-corrected chi connectivity index (χ3v) is 4.22. The van der Waals surface area contributed by atoms with E-state index < -0.39 is 0 Å². The number of hydrogen-bond donors (Lipinski definition) is 1. The van der Waals surface area contributed by atoms with Crippen molar-refractivity contribution >= 4 is 5.95 Å². The Balaban J connectivity index is 1.49. The van der Waals surface area contributed by atoms with Gasteiger partial charge < -0.3 is 10.1 Å². The summed E-state index contributed by atoms with van der Waals surface area (Å²) in [5.74, 6) is 1.31. The first kappa shape index (κ1) is 15.0. The molecular weight excluding hydrogens is 278 g/mol. The number of aromatic nitrogens is 4. The SMILES string of the molecule is C[C@H]1CCCC[C@@H]1OCCNc1nnnn1-c1ccccc1. The summed E-state index contributed by atoms with van der Waals surface area (Å²) in [5.41, 5.74) is 0.942. The van der Waals surface area contributed by atoms with E-state index in [1.54, 1.807) is 4.68 Å². The summed E-state index contributed by atoms with van der Waals surface area (Å²) in [7, 11) is 0. The van der Waals surface area contributed by atoms with E-state index in [4.69, 9.17) is 4.74 Å². The first-order chi connectivity index (χ1) is 10.8. The summed E-state index contributed by atoms with van der Waals surface area (Å²) in [6, 6.07) is 9.85. The normalized spacial score (nSPS) is 21.7. The molecule has 2 atom stereocenters. The highest BCUT2D eigenvalue weighted by Crippen LogP contribution is 2.26. The highest BCUT2D eigenvalue weighted by Gasteiger charge is 2.21. The predicted molar refractivity (Wildman–Crippen MR) is 85.0 cm³/mol. The highest BCUT2D eigenvalue weighted by atomic mass is 16.5. The number of para-hydroxylation sites is 1. The number of tetrazole rings is 1. The van der Waals surface area contributed by atoms with Crippen LogP contribution in [0.1, 0.15) is 32.6 Å². The number of benzene rings is 1. The van der Waals surface area contributed by atoms with Crippen LogP contribution in [0, 0.1) is 5.92 Å². The van der Waals surface area contributed by atoms with Crippen molar-refractivity contribution in [1.29, 1.82) is 0 Å². The third-order valence-electron chi connectivity index (χ3n) is 4.22. The van der Waals surface area contributed by atoms with E-state index in [0.29, 0.717) is 31.1 Å². The van der Waals surface area contributed by atoms with Gasteiger partial charge in [0.15, 0.2) is 0 Å². The number of rotatable bonds is 6. The Kier molecular flexibility index (Phi) is 5.00. The Morgan fingerprint density at radius 3 is 2.86 bits per heavy atom. The number of hydrogen-bond acceptors (Lipinski definition) is 5. The molecule has 6 heteroatoms. The fourth-order valence-corrected chi connectivity index (χ4v) is 2.94. The number of ether oxygens (including phenoxy) is 1. The Bertz CT molecular complexity index is 571. The zero-order chi connectivity index (χ0) is 15.2. The minimum Gasteiger partial charge on any atom is -0.376 e. The highest BCUT2D eigenvalue weighted by molar-refractivity contribution is 5.38. The van der Waals surface area contributed by atoms with Crippen LogP contribution in [0.2, 0.25) is 0 Å². The van der Waals surface area contributed by atoms with Crippen LogP contribution in [0.3, 0.4) is 0 Å². The van der Waals surface area contributed by atoms with Gasteiger partial charge in [-0.1, -0.05) is 43.1 Å². The van der Waals surface area contributed by atoms with Gasteiger partial charge in [-0.2, -0.15) is 4.68 Å². The quantitative estimate of drug-likeness (QED) is 0.831. The van der Waals surface area contributed by atoms with Crippen molar-refractivity contribution < 1.29 is 4.74 Å². The van der Waals surface area contributed by atoms with Gasteiger partial charge in [-0.3, -0.25) is 0 Å². The second-order valence-corrected chi connectivity index (χ2v) is 5.85. The van der Waals surface area contributed by atoms with Gasteiger partial charge in [0.05, 0.1) is 18.4 Å². The molecule has 1 saturated carbocycles.